The molecule has 0 aliphatic carbocycles. The molecule has 4 nitrogen and oxygen atoms in total. The molecule has 108 valence electrons. The summed E-state index contributed by atoms with van der Waals surface area (Å²) in [6, 6.07) is 3.08. The normalized spacial score (nSPS) is 13.3. The summed E-state index contributed by atoms with van der Waals surface area (Å²) in [5.74, 6) is 0.586. The monoisotopic (exact) mass is 369 g/mol. The molecule has 1 rings (SSSR count). The lowest BCUT2D eigenvalue weighted by Crippen LogP contribution is -2.28. The summed E-state index contributed by atoms with van der Waals surface area (Å²) in [5.41, 5.74) is 0.731. The predicted molar refractivity (Wildman–Crippen MR) is 81.8 cm³/mol. The fourth-order valence-electron chi connectivity index (χ4n) is 1.86. The molecule has 0 aromatic heterocycles. The molecule has 0 aliphatic rings. The van der Waals surface area contributed by atoms with Crippen molar-refractivity contribution in [2.24, 2.45) is 0 Å². The van der Waals surface area contributed by atoms with Gasteiger partial charge in [-0.1, -0.05) is 18.5 Å². The number of benzene rings is 1. The Balaban J connectivity index is 3.28. The Bertz CT molecular complexity index is 548. The van der Waals surface area contributed by atoms with E-state index in [0.717, 1.165) is 5.56 Å². The van der Waals surface area contributed by atoms with Crippen molar-refractivity contribution in [2.45, 2.75) is 13.0 Å². The van der Waals surface area contributed by atoms with Crippen LogP contribution >= 0.6 is 27.5 Å². The molecule has 1 aromatic carbocycles. The Kier molecular flexibility index (Phi) is 6.11. The minimum Gasteiger partial charge on any atom is -0.495 e. The minimum atomic E-state index is -3.12. The highest BCUT2D eigenvalue weighted by molar-refractivity contribution is 9.10. The van der Waals surface area contributed by atoms with Gasteiger partial charge in [-0.15, -0.1) is 0 Å². The molecule has 0 fully saturated rings. The number of ether oxygens (including phenoxy) is 1. The van der Waals surface area contributed by atoms with Crippen LogP contribution in [0.5, 0.6) is 5.75 Å². The highest BCUT2D eigenvalue weighted by Crippen LogP contribution is 2.36. The Morgan fingerprint density at radius 3 is 2.58 bits per heavy atom. The lowest BCUT2D eigenvalue weighted by atomic mass is 10.1. The molecule has 0 bridgehead atoms. The van der Waals surface area contributed by atoms with Gasteiger partial charge in [0, 0.05) is 22.9 Å². The Morgan fingerprint density at radius 2 is 2.11 bits per heavy atom. The van der Waals surface area contributed by atoms with Crippen molar-refractivity contribution in [2.75, 3.05) is 25.7 Å². The molecule has 0 radical (unpaired) electrons. The van der Waals surface area contributed by atoms with Crippen molar-refractivity contribution in [3.63, 3.8) is 0 Å². The van der Waals surface area contributed by atoms with Crippen LogP contribution in [0.25, 0.3) is 0 Å². The highest BCUT2D eigenvalue weighted by atomic mass is 79.9. The van der Waals surface area contributed by atoms with Gasteiger partial charge in [-0.2, -0.15) is 0 Å². The molecule has 1 aromatic rings. The first kappa shape index (κ1) is 16.8. The zero-order valence-electron chi connectivity index (χ0n) is 11.0. The van der Waals surface area contributed by atoms with Crippen LogP contribution in [-0.2, 0) is 9.84 Å². The summed E-state index contributed by atoms with van der Waals surface area (Å²) in [4.78, 5) is 0. The van der Waals surface area contributed by atoms with E-state index in [1.54, 1.807) is 19.2 Å². The van der Waals surface area contributed by atoms with Gasteiger partial charge in [-0.3, -0.25) is 0 Å². The second-order valence-electron chi connectivity index (χ2n) is 4.21. The standard InChI is InChI=1S/C12H17BrClNO3S/c1-4-15-11(7-19(3,16)17)9-5-8(14)6-10(13)12(9)18-2/h5-6,11,15H,4,7H2,1-3H3. The maximum absolute atomic E-state index is 11.5. The second-order valence-corrected chi connectivity index (χ2v) is 7.69. The maximum atomic E-state index is 11.5. The van der Waals surface area contributed by atoms with Gasteiger partial charge in [0.05, 0.1) is 17.3 Å². The van der Waals surface area contributed by atoms with Crippen molar-refractivity contribution in [3.05, 3.63) is 27.2 Å². The average Bonchev–Trinajstić information content (AvgIpc) is 2.25. The summed E-state index contributed by atoms with van der Waals surface area (Å²) >= 11 is 9.40. The largest absolute Gasteiger partial charge is 0.495 e. The summed E-state index contributed by atoms with van der Waals surface area (Å²) in [7, 11) is -1.58. The van der Waals surface area contributed by atoms with Gasteiger partial charge in [-0.05, 0) is 34.6 Å². The molecule has 1 unspecified atom stereocenters. The van der Waals surface area contributed by atoms with Gasteiger partial charge in [0.15, 0.2) is 0 Å². The third-order valence-corrected chi connectivity index (χ3v) is 4.28. The number of nitrogens with one attached hydrogen (secondary N) is 1. The van der Waals surface area contributed by atoms with Crippen LogP contribution in [0.3, 0.4) is 0 Å². The number of hydrogen-bond acceptors (Lipinski definition) is 4. The van der Waals surface area contributed by atoms with E-state index in [2.05, 4.69) is 21.2 Å². The van der Waals surface area contributed by atoms with E-state index in [1.807, 2.05) is 6.92 Å². The summed E-state index contributed by atoms with van der Waals surface area (Å²) in [5, 5.41) is 3.67. The second kappa shape index (κ2) is 6.92. The van der Waals surface area contributed by atoms with Crippen molar-refractivity contribution >= 4 is 37.4 Å². The maximum Gasteiger partial charge on any atom is 0.149 e. The number of hydrogen-bond donors (Lipinski definition) is 1. The van der Waals surface area contributed by atoms with E-state index in [1.165, 1.54) is 6.26 Å². The SMILES string of the molecule is CCNC(CS(C)(=O)=O)c1cc(Cl)cc(Br)c1OC. The third kappa shape index (κ3) is 4.95. The fraction of sp³-hybridized carbons (Fsp3) is 0.500. The zero-order chi connectivity index (χ0) is 14.6. The van der Waals surface area contributed by atoms with Crippen molar-refractivity contribution < 1.29 is 13.2 Å². The van der Waals surface area contributed by atoms with Crippen LogP contribution in [-0.4, -0.2) is 34.1 Å². The number of rotatable bonds is 6. The van der Waals surface area contributed by atoms with Crippen molar-refractivity contribution in [3.8, 4) is 5.75 Å². The molecule has 0 spiro atoms. The summed E-state index contributed by atoms with van der Waals surface area (Å²) < 4.78 is 29.1. The Labute approximate surface area is 127 Å². The molecule has 1 N–H and O–H groups in total. The number of halogens is 2. The molecular formula is C12H17BrClNO3S. The first-order chi connectivity index (χ1) is 8.78. The van der Waals surface area contributed by atoms with E-state index < -0.39 is 9.84 Å². The lowest BCUT2D eigenvalue weighted by molar-refractivity contribution is 0.400. The van der Waals surface area contributed by atoms with E-state index >= 15 is 0 Å². The fourth-order valence-corrected chi connectivity index (χ4v) is 3.76. The zero-order valence-corrected chi connectivity index (χ0v) is 14.2. The first-order valence-electron chi connectivity index (χ1n) is 5.72. The number of methoxy groups -OCH3 is 1. The summed E-state index contributed by atoms with van der Waals surface area (Å²) in [6.45, 7) is 2.56. The molecule has 1 atom stereocenters. The van der Waals surface area contributed by atoms with Crippen molar-refractivity contribution in [1.29, 1.82) is 0 Å². The van der Waals surface area contributed by atoms with E-state index in [-0.39, 0.29) is 11.8 Å². The lowest BCUT2D eigenvalue weighted by Gasteiger charge is -2.21. The van der Waals surface area contributed by atoms with Gasteiger partial charge < -0.3 is 10.1 Å². The quantitative estimate of drug-likeness (QED) is 0.836. The van der Waals surface area contributed by atoms with Crippen molar-refractivity contribution in [1.82, 2.24) is 5.32 Å². The van der Waals surface area contributed by atoms with E-state index in [4.69, 9.17) is 16.3 Å². The Hall–Kier alpha value is -0.300. The van der Waals surface area contributed by atoms with Crippen LogP contribution in [0.2, 0.25) is 5.02 Å². The molecule has 0 saturated heterocycles. The predicted octanol–water partition coefficient (Wildman–Crippen LogP) is 2.81. The van der Waals surface area contributed by atoms with Gasteiger partial charge >= 0.3 is 0 Å². The van der Waals surface area contributed by atoms with Gasteiger partial charge in [0.1, 0.15) is 15.6 Å². The van der Waals surface area contributed by atoms with Crippen LogP contribution < -0.4 is 10.1 Å². The average molecular weight is 371 g/mol. The topological polar surface area (TPSA) is 55.4 Å². The molecule has 0 aliphatic heterocycles. The highest BCUT2D eigenvalue weighted by Gasteiger charge is 2.22. The molecule has 0 amide bonds. The molecule has 0 saturated carbocycles. The van der Waals surface area contributed by atoms with Crippen LogP contribution in [0.4, 0.5) is 0 Å². The van der Waals surface area contributed by atoms with E-state index in [9.17, 15) is 8.42 Å². The van der Waals surface area contributed by atoms with Crippen LogP contribution in [0.15, 0.2) is 16.6 Å². The number of sulfone groups is 1. The molecule has 0 heterocycles. The Morgan fingerprint density at radius 1 is 1.47 bits per heavy atom. The first-order valence-corrected chi connectivity index (χ1v) is 8.95. The molecular weight excluding hydrogens is 354 g/mol. The van der Waals surface area contributed by atoms with Gasteiger partial charge in [-0.25, -0.2) is 8.42 Å². The smallest absolute Gasteiger partial charge is 0.149 e. The van der Waals surface area contributed by atoms with Crippen LogP contribution in [0, 0.1) is 0 Å². The third-order valence-electron chi connectivity index (χ3n) is 2.54. The van der Waals surface area contributed by atoms with E-state index in [0.29, 0.717) is 21.8 Å². The van der Waals surface area contributed by atoms with Gasteiger partial charge in [0.25, 0.3) is 0 Å². The molecule has 7 heteroatoms. The molecule has 19 heavy (non-hydrogen) atoms. The van der Waals surface area contributed by atoms with Crippen LogP contribution in [0.1, 0.15) is 18.5 Å². The minimum absolute atomic E-state index is 0.00994. The summed E-state index contributed by atoms with van der Waals surface area (Å²) in [6.07, 6.45) is 1.21. The van der Waals surface area contributed by atoms with Gasteiger partial charge in [0.2, 0.25) is 0 Å².